The lowest BCUT2D eigenvalue weighted by molar-refractivity contribution is 0.913. The summed E-state index contributed by atoms with van der Waals surface area (Å²) in [6, 6.07) is 5.87. The van der Waals surface area contributed by atoms with Gasteiger partial charge in [-0.05, 0) is 31.0 Å². The molecular formula is C10H10ClNS. The Labute approximate surface area is 86.4 Å². The van der Waals surface area contributed by atoms with Crippen LogP contribution in [0.4, 0.5) is 0 Å². The van der Waals surface area contributed by atoms with Crippen molar-refractivity contribution in [2.45, 2.75) is 19.8 Å². The van der Waals surface area contributed by atoms with Gasteiger partial charge in [-0.15, -0.1) is 11.3 Å². The zero-order valence-corrected chi connectivity index (χ0v) is 8.95. The number of halogens is 1. The first kappa shape index (κ1) is 8.97. The molecule has 0 radical (unpaired) electrons. The van der Waals surface area contributed by atoms with Gasteiger partial charge in [0, 0.05) is 5.02 Å². The fourth-order valence-electron chi connectivity index (χ4n) is 1.27. The summed E-state index contributed by atoms with van der Waals surface area (Å²) in [6.45, 7) is 2.17. The molecule has 0 N–H and O–H groups in total. The second-order valence-electron chi connectivity index (χ2n) is 2.97. The van der Waals surface area contributed by atoms with Crippen LogP contribution in [0, 0.1) is 0 Å². The van der Waals surface area contributed by atoms with Gasteiger partial charge >= 0.3 is 0 Å². The lowest BCUT2D eigenvalue weighted by Gasteiger charge is -1.86. The number of aryl methyl sites for hydroxylation is 1. The highest BCUT2D eigenvalue weighted by molar-refractivity contribution is 7.18. The molecule has 0 atom stereocenters. The van der Waals surface area contributed by atoms with Crippen molar-refractivity contribution < 1.29 is 0 Å². The van der Waals surface area contributed by atoms with Crippen LogP contribution in [0.2, 0.25) is 5.02 Å². The molecule has 1 nitrogen and oxygen atoms in total. The summed E-state index contributed by atoms with van der Waals surface area (Å²) in [5, 5.41) is 1.97. The first-order chi connectivity index (χ1) is 6.29. The summed E-state index contributed by atoms with van der Waals surface area (Å²) in [7, 11) is 0. The highest BCUT2D eigenvalue weighted by Crippen LogP contribution is 2.25. The predicted molar refractivity (Wildman–Crippen MR) is 58.6 cm³/mol. The van der Waals surface area contributed by atoms with Gasteiger partial charge < -0.3 is 0 Å². The van der Waals surface area contributed by atoms with Gasteiger partial charge in [0.05, 0.1) is 15.2 Å². The van der Waals surface area contributed by atoms with Crippen LogP contribution in [0.5, 0.6) is 0 Å². The van der Waals surface area contributed by atoms with Gasteiger partial charge in [0.2, 0.25) is 0 Å². The first-order valence-electron chi connectivity index (χ1n) is 4.34. The molecular weight excluding hydrogens is 202 g/mol. The normalized spacial score (nSPS) is 10.9. The fraction of sp³-hybridized carbons (Fsp3) is 0.300. The minimum absolute atomic E-state index is 0.765. The maximum atomic E-state index is 5.87. The summed E-state index contributed by atoms with van der Waals surface area (Å²) >= 11 is 7.63. The van der Waals surface area contributed by atoms with E-state index in [1.165, 1.54) is 9.71 Å². The molecule has 1 aromatic heterocycles. The minimum atomic E-state index is 0.765. The zero-order chi connectivity index (χ0) is 9.26. The van der Waals surface area contributed by atoms with E-state index in [1.54, 1.807) is 11.3 Å². The Balaban J connectivity index is 2.49. The number of fused-ring (bicyclic) bond motifs is 1. The third-order valence-electron chi connectivity index (χ3n) is 1.86. The molecule has 0 amide bonds. The Kier molecular flexibility index (Phi) is 2.51. The van der Waals surface area contributed by atoms with E-state index >= 15 is 0 Å². The smallest absolute Gasteiger partial charge is 0.0938 e. The van der Waals surface area contributed by atoms with Gasteiger partial charge in [0.15, 0.2) is 0 Å². The van der Waals surface area contributed by atoms with Crippen LogP contribution in [0.1, 0.15) is 18.4 Å². The predicted octanol–water partition coefficient (Wildman–Crippen LogP) is 3.90. The first-order valence-corrected chi connectivity index (χ1v) is 5.54. The number of hydrogen-bond acceptors (Lipinski definition) is 2. The number of aromatic nitrogens is 1. The molecule has 0 fully saturated rings. The maximum absolute atomic E-state index is 5.87. The Hall–Kier alpha value is -0.600. The molecule has 2 rings (SSSR count). The largest absolute Gasteiger partial charge is 0.241 e. The number of thiazole rings is 1. The standard InChI is InChI=1S/C10H10ClNS/c1-2-3-10-12-8-6-7(11)4-5-9(8)13-10/h4-6H,2-3H2,1H3. The Morgan fingerprint density at radius 3 is 3.08 bits per heavy atom. The summed E-state index contributed by atoms with van der Waals surface area (Å²) in [5.74, 6) is 0. The SMILES string of the molecule is CCCc1nc2cc(Cl)ccc2s1. The Morgan fingerprint density at radius 2 is 2.31 bits per heavy atom. The van der Waals surface area contributed by atoms with E-state index in [1.807, 2.05) is 18.2 Å². The lowest BCUT2D eigenvalue weighted by atomic mass is 10.3. The molecule has 0 spiro atoms. The van der Waals surface area contributed by atoms with Gasteiger partial charge in [0.25, 0.3) is 0 Å². The van der Waals surface area contributed by atoms with Crippen molar-refractivity contribution in [3.05, 3.63) is 28.2 Å². The quantitative estimate of drug-likeness (QED) is 0.734. The molecule has 0 aliphatic rings. The van der Waals surface area contributed by atoms with Crippen LogP contribution in [0.25, 0.3) is 10.2 Å². The van der Waals surface area contributed by atoms with Crippen molar-refractivity contribution in [2.75, 3.05) is 0 Å². The van der Waals surface area contributed by atoms with Gasteiger partial charge in [-0.1, -0.05) is 18.5 Å². The zero-order valence-electron chi connectivity index (χ0n) is 7.38. The summed E-state index contributed by atoms with van der Waals surface area (Å²) in [4.78, 5) is 4.50. The third kappa shape index (κ3) is 1.84. The fourth-order valence-corrected chi connectivity index (χ4v) is 2.48. The molecule has 3 heteroatoms. The second-order valence-corrected chi connectivity index (χ2v) is 4.52. The number of hydrogen-bond donors (Lipinski definition) is 0. The van der Waals surface area contributed by atoms with E-state index in [0.29, 0.717) is 0 Å². The number of benzene rings is 1. The van der Waals surface area contributed by atoms with E-state index < -0.39 is 0 Å². The molecule has 13 heavy (non-hydrogen) atoms. The van der Waals surface area contributed by atoms with E-state index in [4.69, 9.17) is 11.6 Å². The Bertz CT molecular complexity index is 422. The van der Waals surface area contributed by atoms with Gasteiger partial charge in [-0.2, -0.15) is 0 Å². The van der Waals surface area contributed by atoms with Gasteiger partial charge in [0.1, 0.15) is 0 Å². The van der Waals surface area contributed by atoms with Crippen molar-refractivity contribution in [1.29, 1.82) is 0 Å². The van der Waals surface area contributed by atoms with Crippen LogP contribution < -0.4 is 0 Å². The van der Waals surface area contributed by atoms with Crippen LogP contribution in [0.15, 0.2) is 18.2 Å². The highest BCUT2D eigenvalue weighted by Gasteiger charge is 2.02. The van der Waals surface area contributed by atoms with E-state index in [2.05, 4.69) is 11.9 Å². The van der Waals surface area contributed by atoms with E-state index in [0.717, 1.165) is 23.4 Å². The molecule has 0 unspecified atom stereocenters. The monoisotopic (exact) mass is 211 g/mol. The molecule has 0 aliphatic heterocycles. The molecule has 68 valence electrons. The molecule has 2 aromatic rings. The Morgan fingerprint density at radius 1 is 1.46 bits per heavy atom. The molecule has 0 bridgehead atoms. The average molecular weight is 212 g/mol. The van der Waals surface area contributed by atoms with Crippen LogP contribution in [-0.2, 0) is 6.42 Å². The number of rotatable bonds is 2. The van der Waals surface area contributed by atoms with Crippen LogP contribution >= 0.6 is 22.9 Å². The molecule has 0 saturated heterocycles. The van der Waals surface area contributed by atoms with Gasteiger partial charge in [-0.3, -0.25) is 0 Å². The average Bonchev–Trinajstić information content (AvgIpc) is 2.46. The highest BCUT2D eigenvalue weighted by atomic mass is 35.5. The van der Waals surface area contributed by atoms with Crippen molar-refractivity contribution in [2.24, 2.45) is 0 Å². The van der Waals surface area contributed by atoms with Crippen LogP contribution in [0.3, 0.4) is 0 Å². The third-order valence-corrected chi connectivity index (χ3v) is 3.19. The molecule has 0 saturated carbocycles. The maximum Gasteiger partial charge on any atom is 0.0938 e. The van der Waals surface area contributed by atoms with Crippen molar-refractivity contribution in [1.82, 2.24) is 4.98 Å². The topological polar surface area (TPSA) is 12.9 Å². The summed E-state index contributed by atoms with van der Waals surface area (Å²) in [5.41, 5.74) is 1.03. The summed E-state index contributed by atoms with van der Waals surface area (Å²) in [6.07, 6.45) is 2.21. The molecule has 1 aromatic carbocycles. The van der Waals surface area contributed by atoms with Crippen molar-refractivity contribution in [3.8, 4) is 0 Å². The minimum Gasteiger partial charge on any atom is -0.241 e. The molecule has 1 heterocycles. The summed E-state index contributed by atoms with van der Waals surface area (Å²) < 4.78 is 1.23. The van der Waals surface area contributed by atoms with Crippen LogP contribution in [-0.4, -0.2) is 4.98 Å². The van der Waals surface area contributed by atoms with Crippen molar-refractivity contribution in [3.63, 3.8) is 0 Å². The second kappa shape index (κ2) is 3.64. The van der Waals surface area contributed by atoms with E-state index in [9.17, 15) is 0 Å². The lowest BCUT2D eigenvalue weighted by Crippen LogP contribution is -1.78. The van der Waals surface area contributed by atoms with Crippen molar-refractivity contribution >= 4 is 33.2 Å². The number of nitrogens with zero attached hydrogens (tertiary/aromatic N) is 1. The molecule has 0 aliphatic carbocycles. The van der Waals surface area contributed by atoms with Gasteiger partial charge in [-0.25, -0.2) is 4.98 Å². The van der Waals surface area contributed by atoms with E-state index in [-0.39, 0.29) is 0 Å².